The van der Waals surface area contributed by atoms with Crippen molar-refractivity contribution in [1.29, 1.82) is 0 Å². The molecule has 104 valence electrons. The van der Waals surface area contributed by atoms with E-state index in [9.17, 15) is 9.18 Å². The zero-order valence-corrected chi connectivity index (χ0v) is 12.4. The zero-order valence-electron chi connectivity index (χ0n) is 10.1. The highest BCUT2D eigenvalue weighted by Crippen LogP contribution is 2.24. The van der Waals surface area contributed by atoms with Crippen LogP contribution in [-0.4, -0.2) is 11.1 Å². The van der Waals surface area contributed by atoms with Crippen LogP contribution in [0.15, 0.2) is 40.9 Å². The first-order chi connectivity index (χ1) is 9.47. The van der Waals surface area contributed by atoms with Gasteiger partial charge in [-0.2, -0.15) is 0 Å². The van der Waals surface area contributed by atoms with E-state index < -0.39 is 5.97 Å². The summed E-state index contributed by atoms with van der Waals surface area (Å²) in [5.74, 6) is -1.09. The number of rotatable bonds is 4. The summed E-state index contributed by atoms with van der Waals surface area (Å²) in [5, 5.41) is 9.11. The Labute approximate surface area is 128 Å². The maximum Gasteiger partial charge on any atom is 0.337 e. The number of carbonyl (C=O) groups is 1. The zero-order chi connectivity index (χ0) is 14.7. The fourth-order valence-electron chi connectivity index (χ4n) is 1.56. The molecule has 0 aliphatic heterocycles. The molecule has 0 fully saturated rings. The van der Waals surface area contributed by atoms with E-state index >= 15 is 0 Å². The lowest BCUT2D eigenvalue weighted by Gasteiger charge is -2.09. The monoisotopic (exact) mass is 358 g/mol. The van der Waals surface area contributed by atoms with Crippen molar-refractivity contribution >= 4 is 33.5 Å². The fourth-order valence-corrected chi connectivity index (χ4v) is 2.22. The van der Waals surface area contributed by atoms with Gasteiger partial charge in [0.25, 0.3) is 0 Å². The molecule has 0 saturated carbocycles. The molecule has 0 saturated heterocycles. The van der Waals surface area contributed by atoms with Crippen molar-refractivity contribution in [3.05, 3.63) is 62.8 Å². The van der Waals surface area contributed by atoms with Crippen molar-refractivity contribution in [2.45, 2.75) is 6.61 Å². The van der Waals surface area contributed by atoms with Crippen LogP contribution in [-0.2, 0) is 6.61 Å². The van der Waals surface area contributed by atoms with Crippen molar-refractivity contribution in [1.82, 2.24) is 0 Å². The highest BCUT2D eigenvalue weighted by molar-refractivity contribution is 9.10. The summed E-state index contributed by atoms with van der Waals surface area (Å²) < 4.78 is 19.0. The first kappa shape index (κ1) is 14.8. The molecule has 1 N–H and O–H groups in total. The summed E-state index contributed by atoms with van der Waals surface area (Å²) >= 11 is 9.00. The lowest BCUT2D eigenvalue weighted by molar-refractivity contribution is 0.0696. The minimum Gasteiger partial charge on any atom is -0.489 e. The quantitative estimate of drug-likeness (QED) is 0.873. The third-order valence-corrected chi connectivity index (χ3v) is 3.65. The molecule has 0 aliphatic carbocycles. The molecule has 0 unspecified atom stereocenters. The van der Waals surface area contributed by atoms with Crippen LogP contribution in [0.3, 0.4) is 0 Å². The van der Waals surface area contributed by atoms with Crippen LogP contribution in [0.25, 0.3) is 0 Å². The summed E-state index contributed by atoms with van der Waals surface area (Å²) in [5.41, 5.74) is 0.723. The van der Waals surface area contributed by atoms with Gasteiger partial charge in [-0.15, -0.1) is 0 Å². The molecule has 3 nitrogen and oxygen atoms in total. The fraction of sp³-hybridized carbons (Fsp3) is 0.0714. The lowest BCUT2D eigenvalue weighted by Crippen LogP contribution is -2.01. The standard InChI is InChI=1S/C14H9BrClFO3/c15-12-5-9(17)2-1-8(12)7-20-10-3-4-13(16)11(6-10)14(18)19/h1-6H,7H2,(H,18,19). The van der Waals surface area contributed by atoms with Gasteiger partial charge >= 0.3 is 5.97 Å². The average molecular weight is 360 g/mol. The van der Waals surface area contributed by atoms with E-state index in [-0.39, 0.29) is 23.0 Å². The minimum absolute atomic E-state index is 0.0256. The highest BCUT2D eigenvalue weighted by Gasteiger charge is 2.10. The van der Waals surface area contributed by atoms with Crippen molar-refractivity contribution < 1.29 is 19.0 Å². The molecule has 0 heterocycles. The predicted octanol–water partition coefficient (Wildman–Crippen LogP) is 4.52. The number of ether oxygens (including phenoxy) is 1. The maximum atomic E-state index is 12.9. The molecule has 0 amide bonds. The Morgan fingerprint density at radius 2 is 2.05 bits per heavy atom. The Bertz CT molecular complexity index is 661. The van der Waals surface area contributed by atoms with E-state index in [1.54, 1.807) is 12.1 Å². The van der Waals surface area contributed by atoms with Crippen molar-refractivity contribution in [3.8, 4) is 5.75 Å². The molecular weight excluding hydrogens is 351 g/mol. The maximum absolute atomic E-state index is 12.9. The second-order valence-electron chi connectivity index (χ2n) is 3.97. The van der Waals surface area contributed by atoms with Crippen molar-refractivity contribution in [2.24, 2.45) is 0 Å². The number of carboxylic acids is 1. The summed E-state index contributed by atoms with van der Waals surface area (Å²) in [4.78, 5) is 11.0. The third kappa shape index (κ3) is 3.49. The molecule has 2 aromatic carbocycles. The minimum atomic E-state index is -1.12. The van der Waals surface area contributed by atoms with Gasteiger partial charge in [0, 0.05) is 10.0 Å². The molecule has 0 bridgehead atoms. The van der Waals surface area contributed by atoms with Crippen LogP contribution in [0.1, 0.15) is 15.9 Å². The average Bonchev–Trinajstić information content (AvgIpc) is 2.39. The van der Waals surface area contributed by atoms with Crippen LogP contribution in [0.2, 0.25) is 5.02 Å². The van der Waals surface area contributed by atoms with Crippen LogP contribution in [0.5, 0.6) is 5.75 Å². The van der Waals surface area contributed by atoms with Crippen LogP contribution in [0, 0.1) is 5.82 Å². The van der Waals surface area contributed by atoms with E-state index in [0.29, 0.717) is 10.2 Å². The first-order valence-corrected chi connectivity index (χ1v) is 6.74. The summed E-state index contributed by atoms with van der Waals surface area (Å²) in [6.45, 7) is 0.182. The van der Waals surface area contributed by atoms with Gasteiger partial charge in [-0.25, -0.2) is 9.18 Å². The molecule has 2 aromatic rings. The van der Waals surface area contributed by atoms with Crippen LogP contribution in [0.4, 0.5) is 4.39 Å². The van der Waals surface area contributed by atoms with Gasteiger partial charge < -0.3 is 9.84 Å². The third-order valence-electron chi connectivity index (χ3n) is 2.58. The van der Waals surface area contributed by atoms with Gasteiger partial charge in [-0.05, 0) is 30.3 Å². The normalized spacial score (nSPS) is 10.3. The summed E-state index contributed by atoms with van der Waals surface area (Å²) in [6, 6.07) is 8.64. The van der Waals surface area contributed by atoms with Crippen molar-refractivity contribution in [3.63, 3.8) is 0 Å². The second kappa shape index (κ2) is 6.24. The molecular formula is C14H9BrClFO3. The topological polar surface area (TPSA) is 46.5 Å². The second-order valence-corrected chi connectivity index (χ2v) is 5.23. The Morgan fingerprint density at radius 3 is 2.70 bits per heavy atom. The van der Waals surface area contributed by atoms with E-state index in [0.717, 1.165) is 5.56 Å². The number of hydrogen-bond acceptors (Lipinski definition) is 2. The molecule has 20 heavy (non-hydrogen) atoms. The molecule has 0 spiro atoms. The van der Waals surface area contributed by atoms with Gasteiger partial charge in [-0.1, -0.05) is 33.6 Å². The first-order valence-electron chi connectivity index (χ1n) is 5.57. The molecule has 0 aliphatic rings. The lowest BCUT2D eigenvalue weighted by atomic mass is 10.2. The predicted molar refractivity (Wildman–Crippen MR) is 76.8 cm³/mol. The summed E-state index contributed by atoms with van der Waals surface area (Å²) in [6.07, 6.45) is 0. The van der Waals surface area contributed by atoms with E-state index in [2.05, 4.69) is 15.9 Å². The van der Waals surface area contributed by atoms with E-state index in [1.807, 2.05) is 0 Å². The largest absolute Gasteiger partial charge is 0.489 e. The van der Waals surface area contributed by atoms with Gasteiger partial charge in [0.05, 0.1) is 10.6 Å². The number of hydrogen-bond donors (Lipinski definition) is 1. The van der Waals surface area contributed by atoms with Crippen LogP contribution < -0.4 is 4.74 Å². The smallest absolute Gasteiger partial charge is 0.337 e. The molecule has 0 aromatic heterocycles. The Kier molecular flexibility index (Phi) is 4.62. The van der Waals surface area contributed by atoms with E-state index in [1.165, 1.54) is 24.3 Å². The molecule has 2 rings (SSSR count). The number of halogens is 3. The Balaban J connectivity index is 2.15. The van der Waals surface area contributed by atoms with Gasteiger partial charge in [0.1, 0.15) is 18.2 Å². The SMILES string of the molecule is O=C(O)c1cc(OCc2ccc(F)cc2Br)ccc1Cl. The summed E-state index contributed by atoms with van der Waals surface area (Å²) in [7, 11) is 0. The van der Waals surface area contributed by atoms with Gasteiger partial charge in [0.15, 0.2) is 0 Å². The highest BCUT2D eigenvalue weighted by atomic mass is 79.9. The molecule has 6 heteroatoms. The van der Waals surface area contributed by atoms with E-state index in [4.69, 9.17) is 21.4 Å². The van der Waals surface area contributed by atoms with Crippen LogP contribution >= 0.6 is 27.5 Å². The Morgan fingerprint density at radius 1 is 1.30 bits per heavy atom. The number of aromatic carboxylic acids is 1. The van der Waals surface area contributed by atoms with Gasteiger partial charge in [-0.3, -0.25) is 0 Å². The molecule has 0 atom stereocenters. The van der Waals surface area contributed by atoms with Gasteiger partial charge in [0.2, 0.25) is 0 Å². The number of carboxylic acid groups (broad SMARTS) is 1. The number of benzene rings is 2. The van der Waals surface area contributed by atoms with Crippen molar-refractivity contribution in [2.75, 3.05) is 0 Å². The Hall–Kier alpha value is -1.59. The molecule has 0 radical (unpaired) electrons.